The molecule has 0 fully saturated rings. The highest BCUT2D eigenvalue weighted by atomic mass is 16.5. The van der Waals surface area contributed by atoms with Crippen molar-refractivity contribution in [3.05, 3.63) is 65.7 Å². The van der Waals surface area contributed by atoms with E-state index in [1.165, 1.54) is 0 Å². The molecule has 0 heterocycles. The summed E-state index contributed by atoms with van der Waals surface area (Å²) in [7, 11) is 0. The Hall–Kier alpha value is -2.66. The number of amides is 1. The molecule has 5 nitrogen and oxygen atoms in total. The van der Waals surface area contributed by atoms with Crippen molar-refractivity contribution in [2.45, 2.75) is 26.8 Å². The number of hydrogen-bond donors (Lipinski definition) is 2. The standard InChI is InChI=1S/C21H26N2O3/c1-4-26-21(25)17-12-8-9-13-18(17)23-19(24)14-22-20(15(2)3)16-10-6-5-7-11-16/h5-13,15,20,22H,4,14H2,1-3H3,(H,23,24)/t20-/m0/s1. The first-order valence-corrected chi connectivity index (χ1v) is 8.87. The SMILES string of the molecule is CCOC(=O)c1ccccc1NC(=O)CN[C@H](c1ccccc1)C(C)C. The molecule has 2 aromatic carbocycles. The van der Waals surface area contributed by atoms with Crippen LogP contribution in [0.3, 0.4) is 0 Å². The van der Waals surface area contributed by atoms with Gasteiger partial charge in [-0.05, 0) is 30.5 Å². The van der Waals surface area contributed by atoms with Crippen molar-refractivity contribution in [1.82, 2.24) is 5.32 Å². The van der Waals surface area contributed by atoms with Crippen LogP contribution in [-0.2, 0) is 9.53 Å². The van der Waals surface area contributed by atoms with Crippen LogP contribution in [0.4, 0.5) is 5.69 Å². The molecule has 0 saturated heterocycles. The molecule has 0 unspecified atom stereocenters. The molecule has 138 valence electrons. The van der Waals surface area contributed by atoms with Crippen molar-refractivity contribution in [2.75, 3.05) is 18.5 Å². The molecule has 26 heavy (non-hydrogen) atoms. The highest BCUT2D eigenvalue weighted by Gasteiger charge is 2.18. The van der Waals surface area contributed by atoms with E-state index in [2.05, 4.69) is 24.5 Å². The summed E-state index contributed by atoms with van der Waals surface area (Å²) in [5, 5.41) is 6.09. The van der Waals surface area contributed by atoms with Gasteiger partial charge < -0.3 is 15.4 Å². The van der Waals surface area contributed by atoms with Crippen molar-refractivity contribution in [2.24, 2.45) is 5.92 Å². The lowest BCUT2D eigenvalue weighted by atomic mass is 9.96. The molecule has 5 heteroatoms. The van der Waals surface area contributed by atoms with E-state index in [4.69, 9.17) is 4.74 Å². The zero-order valence-electron chi connectivity index (χ0n) is 15.5. The van der Waals surface area contributed by atoms with Crippen molar-refractivity contribution in [3.8, 4) is 0 Å². The summed E-state index contributed by atoms with van der Waals surface area (Å²) in [6.45, 7) is 6.40. The number of benzene rings is 2. The highest BCUT2D eigenvalue weighted by Crippen LogP contribution is 2.21. The van der Waals surface area contributed by atoms with Crippen molar-refractivity contribution in [1.29, 1.82) is 0 Å². The van der Waals surface area contributed by atoms with E-state index in [0.29, 0.717) is 17.2 Å². The predicted molar refractivity (Wildman–Crippen MR) is 103 cm³/mol. The van der Waals surface area contributed by atoms with E-state index in [1.807, 2.05) is 30.3 Å². The van der Waals surface area contributed by atoms with Crippen LogP contribution in [0.25, 0.3) is 0 Å². The Balaban J connectivity index is 2.02. The van der Waals surface area contributed by atoms with Crippen LogP contribution < -0.4 is 10.6 Å². The van der Waals surface area contributed by atoms with Gasteiger partial charge in [0.25, 0.3) is 0 Å². The molecule has 0 spiro atoms. The van der Waals surface area contributed by atoms with Crippen LogP contribution in [0.15, 0.2) is 54.6 Å². The number of nitrogens with one attached hydrogen (secondary N) is 2. The topological polar surface area (TPSA) is 67.4 Å². The average molecular weight is 354 g/mol. The zero-order valence-corrected chi connectivity index (χ0v) is 15.5. The van der Waals surface area contributed by atoms with Crippen LogP contribution in [0.5, 0.6) is 0 Å². The van der Waals surface area contributed by atoms with Crippen LogP contribution in [0.1, 0.15) is 42.7 Å². The number of anilines is 1. The Morgan fingerprint density at radius 2 is 1.65 bits per heavy atom. The van der Waals surface area contributed by atoms with E-state index in [-0.39, 0.29) is 25.1 Å². The summed E-state index contributed by atoms with van der Waals surface area (Å²) in [5.41, 5.74) is 1.95. The van der Waals surface area contributed by atoms with Gasteiger partial charge in [0, 0.05) is 6.04 Å². The number of ether oxygens (including phenoxy) is 1. The van der Waals surface area contributed by atoms with Crippen molar-refractivity contribution >= 4 is 17.6 Å². The largest absolute Gasteiger partial charge is 0.462 e. The number of esters is 1. The minimum Gasteiger partial charge on any atom is -0.462 e. The summed E-state index contributed by atoms with van der Waals surface area (Å²) >= 11 is 0. The van der Waals surface area contributed by atoms with Gasteiger partial charge in [-0.1, -0.05) is 56.3 Å². The molecule has 1 amide bonds. The second kappa shape index (κ2) is 9.73. The Morgan fingerprint density at radius 1 is 1.00 bits per heavy atom. The van der Waals surface area contributed by atoms with Gasteiger partial charge in [0.2, 0.25) is 5.91 Å². The molecule has 0 bridgehead atoms. The van der Waals surface area contributed by atoms with Gasteiger partial charge in [-0.15, -0.1) is 0 Å². The van der Waals surface area contributed by atoms with Gasteiger partial charge in [0.15, 0.2) is 0 Å². The molecular formula is C21H26N2O3. The number of rotatable bonds is 8. The second-order valence-corrected chi connectivity index (χ2v) is 6.33. The summed E-state index contributed by atoms with van der Waals surface area (Å²) in [4.78, 5) is 24.4. The predicted octanol–water partition coefficient (Wildman–Crippen LogP) is 3.79. The third-order valence-electron chi connectivity index (χ3n) is 4.00. The smallest absolute Gasteiger partial charge is 0.340 e. The fraction of sp³-hybridized carbons (Fsp3) is 0.333. The molecule has 0 aliphatic rings. The summed E-state index contributed by atoms with van der Waals surface area (Å²) in [6.07, 6.45) is 0. The third-order valence-corrected chi connectivity index (χ3v) is 4.00. The minimum atomic E-state index is -0.444. The van der Waals surface area contributed by atoms with Crippen LogP contribution in [0.2, 0.25) is 0 Å². The van der Waals surface area contributed by atoms with E-state index in [1.54, 1.807) is 31.2 Å². The first-order valence-electron chi connectivity index (χ1n) is 8.87. The Kier molecular flexibility index (Phi) is 7.36. The van der Waals surface area contributed by atoms with E-state index < -0.39 is 5.97 Å². The Bertz CT molecular complexity index is 729. The van der Waals surface area contributed by atoms with Gasteiger partial charge in [-0.25, -0.2) is 4.79 Å². The third kappa shape index (κ3) is 5.43. The molecule has 0 aliphatic carbocycles. The number of carbonyl (C=O) groups is 2. The summed E-state index contributed by atoms with van der Waals surface area (Å²) < 4.78 is 5.03. The lowest BCUT2D eigenvalue weighted by Gasteiger charge is -2.23. The molecular weight excluding hydrogens is 328 g/mol. The van der Waals surface area contributed by atoms with Crippen LogP contribution in [-0.4, -0.2) is 25.0 Å². The zero-order chi connectivity index (χ0) is 18.9. The number of hydrogen-bond acceptors (Lipinski definition) is 4. The first-order chi connectivity index (χ1) is 12.5. The fourth-order valence-electron chi connectivity index (χ4n) is 2.77. The molecule has 1 atom stereocenters. The Morgan fingerprint density at radius 3 is 2.31 bits per heavy atom. The molecule has 2 N–H and O–H groups in total. The van der Waals surface area contributed by atoms with Crippen LogP contribution in [0, 0.1) is 5.92 Å². The van der Waals surface area contributed by atoms with Crippen molar-refractivity contribution < 1.29 is 14.3 Å². The average Bonchev–Trinajstić information content (AvgIpc) is 2.63. The van der Waals surface area contributed by atoms with E-state index in [9.17, 15) is 9.59 Å². The maximum atomic E-state index is 12.4. The minimum absolute atomic E-state index is 0.0715. The van der Waals surface area contributed by atoms with Gasteiger partial charge in [0.05, 0.1) is 24.4 Å². The Labute approximate surface area is 154 Å². The van der Waals surface area contributed by atoms with E-state index >= 15 is 0 Å². The lowest BCUT2D eigenvalue weighted by molar-refractivity contribution is -0.115. The molecule has 0 aliphatic heterocycles. The molecule has 2 aromatic rings. The van der Waals surface area contributed by atoms with Gasteiger partial charge >= 0.3 is 5.97 Å². The molecule has 0 aromatic heterocycles. The van der Waals surface area contributed by atoms with Crippen molar-refractivity contribution in [3.63, 3.8) is 0 Å². The molecule has 0 radical (unpaired) electrons. The normalized spacial score (nSPS) is 11.8. The maximum Gasteiger partial charge on any atom is 0.340 e. The maximum absolute atomic E-state index is 12.4. The number of carbonyl (C=O) groups excluding carboxylic acids is 2. The molecule has 2 rings (SSSR count). The summed E-state index contributed by atoms with van der Waals surface area (Å²) in [5.74, 6) is -0.318. The summed E-state index contributed by atoms with van der Waals surface area (Å²) in [6, 6.07) is 17.0. The van der Waals surface area contributed by atoms with E-state index in [0.717, 1.165) is 5.56 Å². The van der Waals surface area contributed by atoms with Crippen LogP contribution >= 0.6 is 0 Å². The lowest BCUT2D eigenvalue weighted by Crippen LogP contribution is -2.34. The first kappa shape index (κ1) is 19.7. The fourth-order valence-corrected chi connectivity index (χ4v) is 2.77. The van der Waals surface area contributed by atoms with Gasteiger partial charge in [-0.2, -0.15) is 0 Å². The quantitative estimate of drug-likeness (QED) is 0.708. The monoisotopic (exact) mass is 354 g/mol. The second-order valence-electron chi connectivity index (χ2n) is 6.33. The number of para-hydroxylation sites is 1. The van der Waals surface area contributed by atoms with Gasteiger partial charge in [0.1, 0.15) is 0 Å². The van der Waals surface area contributed by atoms with Gasteiger partial charge in [-0.3, -0.25) is 4.79 Å². The highest BCUT2D eigenvalue weighted by molar-refractivity contribution is 6.01. The molecule has 0 saturated carbocycles.